The molecule has 2 atom stereocenters. The van der Waals surface area contributed by atoms with E-state index in [1.165, 1.54) is 0 Å². The van der Waals surface area contributed by atoms with E-state index >= 15 is 0 Å². The number of nitrogens with one attached hydrogen (secondary N) is 3. The number of hydrogen-bond donors (Lipinski definition) is 4. The standard InChI is InChI=1S/C22H35N3O4/c1-22(2,3)29-21(28)24-14-7-5-4-6-13-23-17-10-8-9-16(15-17)18-11-12-19(26)25-20(18)27/h8-10,15,18-19,23,26H,4-7,11-14H2,1-3H3,(H,24,28)(H,25,27). The van der Waals surface area contributed by atoms with Crippen LogP contribution in [0, 0.1) is 0 Å². The Morgan fingerprint density at radius 3 is 2.59 bits per heavy atom. The van der Waals surface area contributed by atoms with Gasteiger partial charge in [-0.15, -0.1) is 0 Å². The Hall–Kier alpha value is -2.28. The fraction of sp³-hybridized carbons (Fsp3) is 0.636. The van der Waals surface area contributed by atoms with Crippen molar-refractivity contribution in [1.29, 1.82) is 0 Å². The molecule has 7 nitrogen and oxygen atoms in total. The summed E-state index contributed by atoms with van der Waals surface area (Å²) in [6, 6.07) is 7.94. The first-order valence-electron chi connectivity index (χ1n) is 10.5. The van der Waals surface area contributed by atoms with E-state index in [0.29, 0.717) is 19.4 Å². The number of aliphatic hydroxyl groups is 1. The van der Waals surface area contributed by atoms with Crippen LogP contribution in [0.3, 0.4) is 0 Å². The van der Waals surface area contributed by atoms with Crippen molar-refractivity contribution in [3.8, 4) is 0 Å². The predicted octanol–water partition coefficient (Wildman–Crippen LogP) is 3.50. The number of ether oxygens (including phenoxy) is 1. The third-order valence-corrected chi connectivity index (χ3v) is 4.74. The molecule has 0 bridgehead atoms. The second-order valence-corrected chi connectivity index (χ2v) is 8.55. The minimum Gasteiger partial charge on any atom is -0.444 e. The molecule has 2 rings (SSSR count). The molecular weight excluding hydrogens is 370 g/mol. The minimum atomic E-state index is -0.723. The van der Waals surface area contributed by atoms with Gasteiger partial charge in [-0.05, 0) is 64.2 Å². The number of aliphatic hydroxyl groups excluding tert-OH is 1. The molecule has 7 heteroatoms. The summed E-state index contributed by atoms with van der Waals surface area (Å²) in [6.07, 6.45) is 4.24. The molecule has 1 fully saturated rings. The third-order valence-electron chi connectivity index (χ3n) is 4.74. The number of rotatable bonds is 9. The molecule has 1 aliphatic rings. The number of amides is 2. The number of hydrogen-bond acceptors (Lipinski definition) is 5. The molecule has 1 saturated heterocycles. The highest BCUT2D eigenvalue weighted by Gasteiger charge is 2.28. The number of alkyl carbamates (subject to hydrolysis) is 1. The van der Waals surface area contributed by atoms with Gasteiger partial charge in [-0.1, -0.05) is 25.0 Å². The van der Waals surface area contributed by atoms with E-state index in [4.69, 9.17) is 4.74 Å². The van der Waals surface area contributed by atoms with Crippen LogP contribution in [0.5, 0.6) is 0 Å². The Balaban J connectivity index is 1.60. The number of carbonyl (C=O) groups is 2. The average molecular weight is 406 g/mol. The van der Waals surface area contributed by atoms with Crippen molar-refractivity contribution >= 4 is 17.7 Å². The molecule has 0 spiro atoms. The van der Waals surface area contributed by atoms with Crippen molar-refractivity contribution in [3.63, 3.8) is 0 Å². The van der Waals surface area contributed by atoms with Gasteiger partial charge in [-0.25, -0.2) is 4.79 Å². The van der Waals surface area contributed by atoms with Gasteiger partial charge in [0.25, 0.3) is 0 Å². The molecule has 29 heavy (non-hydrogen) atoms. The Morgan fingerprint density at radius 2 is 1.90 bits per heavy atom. The summed E-state index contributed by atoms with van der Waals surface area (Å²) in [6.45, 7) is 7.04. The zero-order chi connectivity index (χ0) is 21.3. The van der Waals surface area contributed by atoms with Crippen molar-refractivity contribution in [2.24, 2.45) is 0 Å². The van der Waals surface area contributed by atoms with Crippen LogP contribution >= 0.6 is 0 Å². The monoisotopic (exact) mass is 405 g/mol. The largest absolute Gasteiger partial charge is 0.444 e. The first-order chi connectivity index (χ1) is 13.7. The Morgan fingerprint density at radius 1 is 1.17 bits per heavy atom. The smallest absolute Gasteiger partial charge is 0.407 e. The molecule has 1 aromatic rings. The summed E-state index contributed by atoms with van der Waals surface area (Å²) in [5.41, 5.74) is 1.52. The lowest BCUT2D eigenvalue weighted by atomic mass is 9.90. The molecule has 2 unspecified atom stereocenters. The van der Waals surface area contributed by atoms with Gasteiger partial charge < -0.3 is 25.8 Å². The maximum absolute atomic E-state index is 12.1. The van der Waals surface area contributed by atoms with Crippen LogP contribution in [0.2, 0.25) is 0 Å². The van der Waals surface area contributed by atoms with E-state index in [2.05, 4.69) is 16.0 Å². The summed E-state index contributed by atoms with van der Waals surface area (Å²) in [5.74, 6) is -0.307. The molecular formula is C22H35N3O4. The molecule has 1 heterocycles. The number of carbonyl (C=O) groups excluding carboxylic acids is 2. The quantitative estimate of drug-likeness (QED) is 0.471. The first-order valence-corrected chi connectivity index (χ1v) is 10.5. The summed E-state index contributed by atoms with van der Waals surface area (Å²) in [4.78, 5) is 23.6. The van der Waals surface area contributed by atoms with Crippen molar-refractivity contribution in [3.05, 3.63) is 29.8 Å². The van der Waals surface area contributed by atoms with Gasteiger partial charge in [0.2, 0.25) is 5.91 Å². The van der Waals surface area contributed by atoms with E-state index in [9.17, 15) is 14.7 Å². The van der Waals surface area contributed by atoms with Gasteiger partial charge in [0.15, 0.2) is 0 Å². The van der Waals surface area contributed by atoms with Gasteiger partial charge in [-0.2, -0.15) is 0 Å². The van der Waals surface area contributed by atoms with E-state index in [1.807, 2.05) is 45.0 Å². The van der Waals surface area contributed by atoms with Crippen molar-refractivity contribution in [2.45, 2.75) is 77.0 Å². The molecule has 1 aliphatic heterocycles. The van der Waals surface area contributed by atoms with Crippen LogP contribution < -0.4 is 16.0 Å². The fourth-order valence-electron chi connectivity index (χ4n) is 3.32. The predicted molar refractivity (Wildman–Crippen MR) is 114 cm³/mol. The molecule has 4 N–H and O–H groups in total. The van der Waals surface area contributed by atoms with Gasteiger partial charge in [0.1, 0.15) is 11.8 Å². The van der Waals surface area contributed by atoms with E-state index in [0.717, 1.165) is 43.5 Å². The lowest BCUT2D eigenvalue weighted by Crippen LogP contribution is -2.42. The molecule has 0 aliphatic carbocycles. The lowest BCUT2D eigenvalue weighted by Gasteiger charge is -2.26. The maximum atomic E-state index is 12.1. The highest BCUT2D eigenvalue weighted by atomic mass is 16.6. The lowest BCUT2D eigenvalue weighted by molar-refractivity contribution is -0.128. The molecule has 0 saturated carbocycles. The zero-order valence-corrected chi connectivity index (χ0v) is 17.8. The van der Waals surface area contributed by atoms with Crippen LogP contribution in [0.15, 0.2) is 24.3 Å². The summed E-state index contributed by atoms with van der Waals surface area (Å²) in [5, 5.41) is 18.3. The Bertz CT molecular complexity index is 672. The normalized spacial score (nSPS) is 19.4. The summed E-state index contributed by atoms with van der Waals surface area (Å²) < 4.78 is 5.20. The molecule has 1 aromatic carbocycles. The Labute approximate surface area is 173 Å². The van der Waals surface area contributed by atoms with Gasteiger partial charge in [0, 0.05) is 18.8 Å². The van der Waals surface area contributed by atoms with Gasteiger partial charge in [-0.3, -0.25) is 4.79 Å². The van der Waals surface area contributed by atoms with Crippen molar-refractivity contribution in [1.82, 2.24) is 10.6 Å². The van der Waals surface area contributed by atoms with Gasteiger partial charge >= 0.3 is 6.09 Å². The third kappa shape index (κ3) is 8.73. The van der Waals surface area contributed by atoms with Crippen LogP contribution in [-0.4, -0.2) is 42.0 Å². The second kappa shape index (κ2) is 11.0. The molecule has 0 aromatic heterocycles. The van der Waals surface area contributed by atoms with Crippen molar-refractivity contribution in [2.75, 3.05) is 18.4 Å². The second-order valence-electron chi connectivity index (χ2n) is 8.55. The van der Waals surface area contributed by atoms with E-state index in [1.54, 1.807) is 0 Å². The Kier molecular flexibility index (Phi) is 8.76. The minimum absolute atomic E-state index is 0.110. The topological polar surface area (TPSA) is 99.7 Å². The average Bonchev–Trinajstić information content (AvgIpc) is 2.62. The van der Waals surface area contributed by atoms with Crippen LogP contribution in [0.1, 0.15) is 70.8 Å². The SMILES string of the molecule is CC(C)(C)OC(=O)NCCCCCCNc1cccc(C2CCC(O)NC2=O)c1. The van der Waals surface area contributed by atoms with Crippen LogP contribution in [-0.2, 0) is 9.53 Å². The van der Waals surface area contributed by atoms with Crippen LogP contribution in [0.25, 0.3) is 0 Å². The molecule has 0 radical (unpaired) electrons. The van der Waals surface area contributed by atoms with E-state index < -0.39 is 11.8 Å². The summed E-state index contributed by atoms with van der Waals surface area (Å²) in [7, 11) is 0. The number of benzene rings is 1. The number of anilines is 1. The molecule has 162 valence electrons. The van der Waals surface area contributed by atoms with Gasteiger partial charge in [0.05, 0.1) is 5.92 Å². The van der Waals surface area contributed by atoms with Crippen LogP contribution in [0.4, 0.5) is 10.5 Å². The first kappa shape index (κ1) is 23.0. The van der Waals surface area contributed by atoms with Crippen molar-refractivity contribution < 1.29 is 19.4 Å². The fourth-order valence-corrected chi connectivity index (χ4v) is 3.32. The zero-order valence-electron chi connectivity index (χ0n) is 17.8. The highest BCUT2D eigenvalue weighted by molar-refractivity contribution is 5.84. The van der Waals surface area contributed by atoms with E-state index in [-0.39, 0.29) is 17.9 Å². The number of piperidine rings is 1. The number of unbranched alkanes of at least 4 members (excludes halogenated alkanes) is 3. The summed E-state index contributed by atoms with van der Waals surface area (Å²) >= 11 is 0. The highest BCUT2D eigenvalue weighted by Crippen LogP contribution is 2.27. The maximum Gasteiger partial charge on any atom is 0.407 e. The molecule has 2 amide bonds.